The molecule has 0 fully saturated rings. The van der Waals surface area contributed by atoms with Crippen LogP contribution in [0, 0.1) is 5.92 Å². The normalized spacial score (nSPS) is 25.0. The van der Waals surface area contributed by atoms with E-state index in [1.165, 1.54) is 5.71 Å². The molecule has 2 aliphatic rings. The van der Waals surface area contributed by atoms with Gasteiger partial charge in [0.15, 0.2) is 5.82 Å². The van der Waals surface area contributed by atoms with Crippen LogP contribution in [0.25, 0.3) is 0 Å². The Bertz CT molecular complexity index is 373. The standard InChI is InChI=1S/C9H9N3/c1-2-7-6-12-5-4-11-9(12)8(7)10-3-1/h1-2,4-5,7H,3,6H2. The van der Waals surface area contributed by atoms with E-state index >= 15 is 0 Å². The Morgan fingerprint density at radius 2 is 2.50 bits per heavy atom. The van der Waals surface area contributed by atoms with Crippen LogP contribution in [0.4, 0.5) is 0 Å². The Morgan fingerprint density at radius 1 is 1.50 bits per heavy atom. The van der Waals surface area contributed by atoms with Crippen LogP contribution >= 0.6 is 0 Å². The molecule has 0 amide bonds. The van der Waals surface area contributed by atoms with Crippen molar-refractivity contribution in [3.8, 4) is 0 Å². The first-order chi connectivity index (χ1) is 5.95. The van der Waals surface area contributed by atoms with Gasteiger partial charge < -0.3 is 4.57 Å². The summed E-state index contributed by atoms with van der Waals surface area (Å²) < 4.78 is 2.17. The highest BCUT2D eigenvalue weighted by Crippen LogP contribution is 2.23. The highest BCUT2D eigenvalue weighted by Gasteiger charge is 2.28. The Morgan fingerprint density at radius 3 is 3.50 bits per heavy atom. The molecule has 1 atom stereocenters. The molecule has 1 aromatic rings. The van der Waals surface area contributed by atoms with Crippen LogP contribution in [-0.4, -0.2) is 21.8 Å². The molecule has 0 aliphatic carbocycles. The molecule has 1 aromatic heterocycles. The zero-order valence-electron chi connectivity index (χ0n) is 6.64. The third-order valence-electron chi connectivity index (χ3n) is 2.42. The Labute approximate surface area is 70.5 Å². The Kier molecular flexibility index (Phi) is 1.06. The molecule has 0 saturated carbocycles. The van der Waals surface area contributed by atoms with Crippen LogP contribution in [0.3, 0.4) is 0 Å². The number of allylic oxidation sites excluding steroid dienone is 1. The summed E-state index contributed by atoms with van der Waals surface area (Å²) in [5.74, 6) is 1.55. The lowest BCUT2D eigenvalue weighted by molar-refractivity contribution is 0.680. The maximum Gasteiger partial charge on any atom is 0.154 e. The van der Waals surface area contributed by atoms with E-state index in [0.717, 1.165) is 18.9 Å². The molecule has 0 saturated heterocycles. The lowest BCUT2D eigenvalue weighted by Gasteiger charge is -2.07. The van der Waals surface area contributed by atoms with Gasteiger partial charge in [0.25, 0.3) is 0 Å². The molecule has 1 unspecified atom stereocenters. The van der Waals surface area contributed by atoms with E-state index in [-0.39, 0.29) is 0 Å². The second kappa shape index (κ2) is 2.06. The lowest BCUT2D eigenvalue weighted by Crippen LogP contribution is -2.12. The first-order valence-corrected chi connectivity index (χ1v) is 4.17. The first-order valence-electron chi connectivity index (χ1n) is 4.17. The monoisotopic (exact) mass is 159 g/mol. The zero-order valence-corrected chi connectivity index (χ0v) is 6.64. The third kappa shape index (κ3) is 0.656. The molecule has 12 heavy (non-hydrogen) atoms. The Hall–Kier alpha value is -1.38. The average molecular weight is 159 g/mol. The van der Waals surface area contributed by atoms with E-state index in [1.54, 1.807) is 0 Å². The van der Waals surface area contributed by atoms with E-state index < -0.39 is 0 Å². The number of nitrogens with zero attached hydrogens (tertiary/aromatic N) is 3. The molecule has 3 heterocycles. The largest absolute Gasteiger partial charge is 0.329 e. The van der Waals surface area contributed by atoms with Crippen molar-refractivity contribution in [3.63, 3.8) is 0 Å². The summed E-state index contributed by atoms with van der Waals surface area (Å²) in [6.45, 7) is 1.84. The molecule has 3 heteroatoms. The molecular formula is C9H9N3. The maximum absolute atomic E-state index is 4.45. The number of hydrogen-bond acceptors (Lipinski definition) is 2. The fourth-order valence-electron chi connectivity index (χ4n) is 1.87. The average Bonchev–Trinajstić information content (AvgIpc) is 2.62. The van der Waals surface area contributed by atoms with Gasteiger partial charge in [0.2, 0.25) is 0 Å². The van der Waals surface area contributed by atoms with Gasteiger partial charge in [-0.2, -0.15) is 0 Å². The zero-order chi connectivity index (χ0) is 7.97. The van der Waals surface area contributed by atoms with Gasteiger partial charge in [-0.05, 0) is 0 Å². The van der Waals surface area contributed by atoms with Gasteiger partial charge in [-0.3, -0.25) is 4.99 Å². The van der Waals surface area contributed by atoms with Crippen LogP contribution in [0.2, 0.25) is 0 Å². The highest BCUT2D eigenvalue weighted by molar-refractivity contribution is 6.02. The van der Waals surface area contributed by atoms with Gasteiger partial charge in [-0.15, -0.1) is 0 Å². The Balaban J connectivity index is 2.16. The van der Waals surface area contributed by atoms with Crippen LogP contribution in [0.5, 0.6) is 0 Å². The van der Waals surface area contributed by atoms with Crippen molar-refractivity contribution in [1.29, 1.82) is 0 Å². The number of aromatic nitrogens is 2. The van der Waals surface area contributed by atoms with Gasteiger partial charge in [0, 0.05) is 24.9 Å². The molecule has 3 nitrogen and oxygen atoms in total. The van der Waals surface area contributed by atoms with Gasteiger partial charge in [-0.1, -0.05) is 12.2 Å². The summed E-state index contributed by atoms with van der Waals surface area (Å²) in [6, 6.07) is 0. The number of imidazole rings is 1. The summed E-state index contributed by atoms with van der Waals surface area (Å²) in [5, 5.41) is 0. The molecule has 0 spiro atoms. The number of aliphatic imine (C=N–C) groups is 1. The molecule has 3 rings (SSSR count). The first kappa shape index (κ1) is 6.17. The molecule has 60 valence electrons. The van der Waals surface area contributed by atoms with Crippen LogP contribution in [0.1, 0.15) is 5.82 Å². The summed E-state index contributed by atoms with van der Waals surface area (Å²) in [7, 11) is 0. The number of dihydropyridines is 1. The van der Waals surface area contributed by atoms with Crippen molar-refractivity contribution in [1.82, 2.24) is 9.55 Å². The topological polar surface area (TPSA) is 30.2 Å². The number of fused-ring (bicyclic) bond motifs is 3. The minimum Gasteiger partial charge on any atom is -0.329 e. The summed E-state index contributed by atoms with van der Waals surface area (Å²) in [6.07, 6.45) is 8.22. The van der Waals surface area contributed by atoms with Crippen LogP contribution in [0.15, 0.2) is 29.5 Å². The van der Waals surface area contributed by atoms with Gasteiger partial charge >= 0.3 is 0 Å². The predicted octanol–water partition coefficient (Wildman–Crippen LogP) is 0.872. The van der Waals surface area contributed by atoms with Gasteiger partial charge in [-0.25, -0.2) is 4.98 Å². The number of rotatable bonds is 0. The molecule has 0 aromatic carbocycles. The smallest absolute Gasteiger partial charge is 0.154 e. The molecule has 0 N–H and O–H groups in total. The third-order valence-corrected chi connectivity index (χ3v) is 2.42. The van der Waals surface area contributed by atoms with Crippen LogP contribution < -0.4 is 0 Å². The molecule has 0 bridgehead atoms. The van der Waals surface area contributed by atoms with Crippen molar-refractivity contribution in [2.75, 3.05) is 6.54 Å². The van der Waals surface area contributed by atoms with Crippen molar-refractivity contribution >= 4 is 5.71 Å². The second-order valence-corrected chi connectivity index (χ2v) is 3.16. The minimum atomic E-state index is 0.488. The molecular weight excluding hydrogens is 150 g/mol. The SMILES string of the molecule is C1=CC2Cn3ccnc3C2=NC1. The predicted molar refractivity (Wildman–Crippen MR) is 46.3 cm³/mol. The van der Waals surface area contributed by atoms with Gasteiger partial charge in [0.1, 0.15) is 0 Å². The van der Waals surface area contributed by atoms with Crippen molar-refractivity contribution in [2.45, 2.75) is 6.54 Å². The molecule has 2 aliphatic heterocycles. The van der Waals surface area contributed by atoms with Crippen molar-refractivity contribution < 1.29 is 0 Å². The number of hydrogen-bond donors (Lipinski definition) is 0. The van der Waals surface area contributed by atoms with Crippen molar-refractivity contribution in [2.24, 2.45) is 10.9 Å². The summed E-state index contributed by atoms with van der Waals surface area (Å²) in [5.41, 5.74) is 1.17. The quantitative estimate of drug-likeness (QED) is 0.517. The second-order valence-electron chi connectivity index (χ2n) is 3.16. The fraction of sp³-hybridized carbons (Fsp3) is 0.333. The van der Waals surface area contributed by atoms with Gasteiger partial charge in [0.05, 0.1) is 12.3 Å². The van der Waals surface area contributed by atoms with E-state index in [1.807, 2.05) is 12.4 Å². The van der Waals surface area contributed by atoms with E-state index in [9.17, 15) is 0 Å². The van der Waals surface area contributed by atoms with Crippen LogP contribution in [-0.2, 0) is 6.54 Å². The van der Waals surface area contributed by atoms with E-state index in [4.69, 9.17) is 0 Å². The summed E-state index contributed by atoms with van der Waals surface area (Å²) in [4.78, 5) is 8.73. The maximum atomic E-state index is 4.45. The van der Waals surface area contributed by atoms with E-state index in [0.29, 0.717) is 5.92 Å². The van der Waals surface area contributed by atoms with Crippen molar-refractivity contribution in [3.05, 3.63) is 30.4 Å². The highest BCUT2D eigenvalue weighted by atomic mass is 15.1. The fourth-order valence-corrected chi connectivity index (χ4v) is 1.87. The summed E-state index contributed by atoms with van der Waals surface area (Å²) >= 11 is 0. The van der Waals surface area contributed by atoms with E-state index in [2.05, 4.69) is 26.7 Å². The minimum absolute atomic E-state index is 0.488. The molecule has 0 radical (unpaired) electrons. The lowest BCUT2D eigenvalue weighted by atomic mass is 10.0.